The van der Waals surface area contributed by atoms with Gasteiger partial charge in [0.1, 0.15) is 14.8 Å². The van der Waals surface area contributed by atoms with Gasteiger partial charge in [-0.25, -0.2) is 8.42 Å². The highest BCUT2D eigenvalue weighted by Gasteiger charge is 2.09. The third kappa shape index (κ3) is 4.80. The fourth-order valence-electron chi connectivity index (χ4n) is 1.48. The minimum absolute atomic E-state index is 0.142. The van der Waals surface area contributed by atoms with Crippen molar-refractivity contribution in [3.05, 3.63) is 28.8 Å². The topological polar surface area (TPSA) is 72.2 Å². The van der Waals surface area contributed by atoms with Crippen LogP contribution in [0.3, 0.4) is 0 Å². The molecule has 1 aromatic carbocycles. The van der Waals surface area contributed by atoms with Gasteiger partial charge < -0.3 is 11.1 Å². The van der Waals surface area contributed by atoms with Crippen molar-refractivity contribution in [2.45, 2.75) is 6.42 Å². The van der Waals surface area contributed by atoms with E-state index in [0.29, 0.717) is 23.6 Å². The number of hydrogen-bond donors (Lipinski definition) is 2. The zero-order valence-corrected chi connectivity index (χ0v) is 12.3. The van der Waals surface area contributed by atoms with Crippen molar-refractivity contribution in [2.24, 2.45) is 5.73 Å². The first-order valence-electron chi connectivity index (χ1n) is 5.31. The van der Waals surface area contributed by atoms with Crippen LogP contribution in [0, 0.1) is 0 Å². The normalized spacial score (nSPS) is 11.2. The van der Waals surface area contributed by atoms with Crippen LogP contribution in [-0.4, -0.2) is 32.0 Å². The van der Waals surface area contributed by atoms with Gasteiger partial charge in [-0.3, -0.25) is 0 Å². The highest BCUT2D eigenvalue weighted by Crippen LogP contribution is 2.24. The lowest BCUT2D eigenvalue weighted by Crippen LogP contribution is -2.15. The lowest BCUT2D eigenvalue weighted by Gasteiger charge is -2.12. The molecule has 0 saturated heterocycles. The molecule has 0 aliphatic carbocycles. The molecule has 100 valence electrons. The van der Waals surface area contributed by atoms with E-state index in [9.17, 15) is 8.42 Å². The highest BCUT2D eigenvalue weighted by atomic mass is 35.5. The zero-order chi connectivity index (χ0) is 13.8. The predicted molar refractivity (Wildman–Crippen MR) is 80.2 cm³/mol. The van der Waals surface area contributed by atoms with E-state index < -0.39 is 9.84 Å². The minimum atomic E-state index is -2.93. The quantitative estimate of drug-likeness (QED) is 0.619. The molecule has 0 radical (unpaired) electrons. The van der Waals surface area contributed by atoms with Crippen LogP contribution in [0.4, 0.5) is 5.69 Å². The average Bonchev–Trinajstić information content (AvgIpc) is 2.22. The van der Waals surface area contributed by atoms with Crippen molar-refractivity contribution >= 4 is 44.3 Å². The number of hydrogen-bond acceptors (Lipinski definition) is 4. The van der Waals surface area contributed by atoms with Crippen LogP contribution in [0.5, 0.6) is 0 Å². The van der Waals surface area contributed by atoms with E-state index in [1.165, 1.54) is 6.26 Å². The Kier molecular flexibility index (Phi) is 5.37. The molecule has 0 fully saturated rings. The first-order valence-corrected chi connectivity index (χ1v) is 8.16. The number of thiocarbonyl (C=S) groups is 1. The van der Waals surface area contributed by atoms with Gasteiger partial charge in [-0.15, -0.1) is 0 Å². The number of nitrogens with two attached hydrogens (primary N) is 1. The Morgan fingerprint density at radius 2 is 2.17 bits per heavy atom. The highest BCUT2D eigenvalue weighted by molar-refractivity contribution is 7.90. The Morgan fingerprint density at radius 1 is 1.50 bits per heavy atom. The summed E-state index contributed by atoms with van der Waals surface area (Å²) in [5, 5.41) is 3.57. The molecule has 3 N–H and O–H groups in total. The average molecular weight is 307 g/mol. The fourth-order valence-corrected chi connectivity index (χ4v) is 2.70. The third-order valence-corrected chi connectivity index (χ3v) is 3.82. The number of nitrogens with one attached hydrogen (secondary N) is 1. The summed E-state index contributed by atoms with van der Waals surface area (Å²) in [6.45, 7) is 0.517. The first-order chi connectivity index (χ1) is 8.31. The van der Waals surface area contributed by atoms with E-state index in [4.69, 9.17) is 29.6 Å². The molecule has 0 atom stereocenters. The number of anilines is 1. The van der Waals surface area contributed by atoms with Crippen molar-refractivity contribution < 1.29 is 8.42 Å². The summed E-state index contributed by atoms with van der Waals surface area (Å²) < 4.78 is 22.0. The lowest BCUT2D eigenvalue weighted by molar-refractivity contribution is 0.600. The Balaban J connectivity index is 2.68. The molecule has 0 spiro atoms. The van der Waals surface area contributed by atoms with Gasteiger partial charge in [-0.1, -0.05) is 29.9 Å². The number of benzene rings is 1. The molecule has 7 heteroatoms. The van der Waals surface area contributed by atoms with Gasteiger partial charge >= 0.3 is 0 Å². The Labute approximate surface area is 117 Å². The second-order valence-electron chi connectivity index (χ2n) is 3.94. The third-order valence-electron chi connectivity index (χ3n) is 2.27. The second-order valence-corrected chi connectivity index (χ2v) is 7.04. The SMILES string of the molecule is CS(=O)(=O)CCCNc1cccc(Cl)c1C(N)=S. The minimum Gasteiger partial charge on any atom is -0.389 e. The number of sulfone groups is 1. The molecule has 0 aliphatic rings. The maximum absolute atomic E-state index is 11.0. The van der Waals surface area contributed by atoms with Crippen molar-refractivity contribution in [1.29, 1.82) is 0 Å². The summed E-state index contributed by atoms with van der Waals surface area (Å²) in [5.41, 5.74) is 6.92. The summed E-state index contributed by atoms with van der Waals surface area (Å²) in [6.07, 6.45) is 1.73. The smallest absolute Gasteiger partial charge is 0.147 e. The van der Waals surface area contributed by atoms with Crippen molar-refractivity contribution in [1.82, 2.24) is 0 Å². The summed E-state index contributed by atoms with van der Waals surface area (Å²) in [6, 6.07) is 5.29. The predicted octanol–water partition coefficient (Wildman–Crippen LogP) is 1.82. The first kappa shape index (κ1) is 15.2. The molecule has 0 unspecified atom stereocenters. The fraction of sp³-hybridized carbons (Fsp3) is 0.364. The molecule has 0 aliphatic heterocycles. The molecule has 0 bridgehead atoms. The number of halogens is 1. The van der Waals surface area contributed by atoms with Crippen LogP contribution >= 0.6 is 23.8 Å². The van der Waals surface area contributed by atoms with Crippen LogP contribution in [0.1, 0.15) is 12.0 Å². The van der Waals surface area contributed by atoms with Gasteiger partial charge in [0.05, 0.1) is 16.3 Å². The second kappa shape index (κ2) is 6.36. The Hall–Kier alpha value is -0.850. The molecule has 0 aromatic heterocycles. The summed E-state index contributed by atoms with van der Waals surface area (Å²) >= 11 is 10.9. The molecule has 0 saturated carbocycles. The molecule has 18 heavy (non-hydrogen) atoms. The molecular formula is C11H15ClN2O2S2. The van der Waals surface area contributed by atoms with Crippen LogP contribution in [0.15, 0.2) is 18.2 Å². The summed E-state index contributed by atoms with van der Waals surface area (Å²) in [4.78, 5) is 0.214. The molecule has 0 amide bonds. The maximum Gasteiger partial charge on any atom is 0.147 e. The Bertz CT molecular complexity index is 544. The van der Waals surface area contributed by atoms with Gasteiger partial charge in [0.25, 0.3) is 0 Å². The largest absolute Gasteiger partial charge is 0.389 e. The van der Waals surface area contributed by atoms with Crippen LogP contribution in [0.2, 0.25) is 5.02 Å². The summed E-state index contributed by atoms with van der Waals surface area (Å²) in [5.74, 6) is 0.142. The van der Waals surface area contributed by atoms with E-state index in [0.717, 1.165) is 5.69 Å². The summed E-state index contributed by atoms with van der Waals surface area (Å²) in [7, 11) is -2.93. The van der Waals surface area contributed by atoms with Gasteiger partial charge in [-0.2, -0.15) is 0 Å². The van der Waals surface area contributed by atoms with Gasteiger partial charge in [0.2, 0.25) is 0 Å². The van der Waals surface area contributed by atoms with Crippen LogP contribution in [-0.2, 0) is 9.84 Å². The van der Waals surface area contributed by atoms with E-state index in [2.05, 4.69) is 5.32 Å². The van der Waals surface area contributed by atoms with Crippen molar-refractivity contribution in [3.63, 3.8) is 0 Å². The zero-order valence-electron chi connectivity index (χ0n) is 9.94. The van der Waals surface area contributed by atoms with Gasteiger partial charge in [0, 0.05) is 18.5 Å². The molecule has 4 nitrogen and oxygen atoms in total. The van der Waals surface area contributed by atoms with E-state index in [-0.39, 0.29) is 10.7 Å². The van der Waals surface area contributed by atoms with E-state index in [1.54, 1.807) is 18.2 Å². The monoisotopic (exact) mass is 306 g/mol. The van der Waals surface area contributed by atoms with E-state index in [1.807, 2.05) is 0 Å². The van der Waals surface area contributed by atoms with Crippen molar-refractivity contribution in [2.75, 3.05) is 23.9 Å². The maximum atomic E-state index is 11.0. The molecule has 1 rings (SSSR count). The van der Waals surface area contributed by atoms with Crippen molar-refractivity contribution in [3.8, 4) is 0 Å². The van der Waals surface area contributed by atoms with Crippen LogP contribution < -0.4 is 11.1 Å². The van der Waals surface area contributed by atoms with Gasteiger partial charge in [-0.05, 0) is 18.6 Å². The Morgan fingerprint density at radius 3 is 2.72 bits per heavy atom. The molecule has 1 aromatic rings. The van der Waals surface area contributed by atoms with Gasteiger partial charge in [0.15, 0.2) is 0 Å². The number of rotatable bonds is 6. The molecular weight excluding hydrogens is 292 g/mol. The van der Waals surface area contributed by atoms with E-state index >= 15 is 0 Å². The lowest BCUT2D eigenvalue weighted by atomic mass is 10.1. The van der Waals surface area contributed by atoms with Crippen LogP contribution in [0.25, 0.3) is 0 Å². The standard InChI is InChI=1S/C11H15ClN2O2S2/c1-18(15,16)7-3-6-14-9-5-2-4-8(12)10(9)11(13)17/h2,4-5,14H,3,6-7H2,1H3,(H2,13,17). The molecule has 0 heterocycles.